The molecule has 7 aromatic carbocycles. The molecule has 3 aromatic heterocycles. The van der Waals surface area contributed by atoms with Crippen LogP contribution >= 0.6 is 0 Å². The molecular weight excluding hydrogens is 761 g/mol. The molecule has 0 unspecified atom stereocenters. The van der Waals surface area contributed by atoms with E-state index in [0.717, 1.165) is 61.7 Å². The first-order chi connectivity index (χ1) is 30.5. The van der Waals surface area contributed by atoms with Crippen molar-refractivity contribution in [2.75, 3.05) is 0 Å². The van der Waals surface area contributed by atoms with E-state index in [4.69, 9.17) is 15.0 Å². The Kier molecular flexibility index (Phi) is 9.87. The first kappa shape index (κ1) is 38.3. The van der Waals surface area contributed by atoms with Gasteiger partial charge in [-0.2, -0.15) is 0 Å². The molecule has 62 heavy (non-hydrogen) atoms. The molecule has 0 atom stereocenters. The average Bonchev–Trinajstić information content (AvgIpc) is 4.08. The van der Waals surface area contributed by atoms with E-state index < -0.39 is 11.1 Å². The van der Waals surface area contributed by atoms with Gasteiger partial charge in [0.05, 0.1) is 29.1 Å². The summed E-state index contributed by atoms with van der Waals surface area (Å²) in [7, 11) is 3.95. The zero-order chi connectivity index (χ0) is 42.1. The number of imidazole rings is 3. The lowest BCUT2D eigenvalue weighted by Crippen LogP contribution is -2.38. The van der Waals surface area contributed by atoms with Gasteiger partial charge in [-0.1, -0.05) is 212 Å². The van der Waals surface area contributed by atoms with Crippen LogP contribution in [-0.2, 0) is 25.2 Å². The van der Waals surface area contributed by atoms with Crippen molar-refractivity contribution < 1.29 is 5.11 Å². The monoisotopic (exact) mass is 804 g/mol. The van der Waals surface area contributed by atoms with Crippen LogP contribution in [0.15, 0.2) is 225 Å². The quantitative estimate of drug-likeness (QED) is 0.132. The number of hydrogen-bond donors (Lipinski definition) is 1. The molecule has 1 N–H and O–H groups in total. The molecule has 10 rings (SSSR count). The lowest BCUT2D eigenvalue weighted by molar-refractivity contribution is 0.0953. The van der Waals surface area contributed by atoms with Gasteiger partial charge < -0.3 is 18.8 Å². The van der Waals surface area contributed by atoms with Gasteiger partial charge in [0.25, 0.3) is 0 Å². The number of hydrogen-bond acceptors (Lipinski definition) is 4. The minimum Gasteiger partial charge on any atom is -0.370 e. The normalized spacial score (nSPS) is 11.8. The van der Waals surface area contributed by atoms with E-state index in [1.165, 1.54) is 0 Å². The Balaban J connectivity index is 1.31. The van der Waals surface area contributed by atoms with Gasteiger partial charge in [-0.25, -0.2) is 15.0 Å². The Hall–Kier alpha value is -7.87. The maximum Gasteiger partial charge on any atom is 0.224 e. The predicted molar refractivity (Wildman–Crippen MR) is 247 cm³/mol. The van der Waals surface area contributed by atoms with Crippen molar-refractivity contribution >= 4 is 0 Å². The summed E-state index contributed by atoms with van der Waals surface area (Å²) in [5, 5.41) is 14.3. The molecule has 10 aromatic rings. The molecular formula is C55H44N6O. The summed E-state index contributed by atoms with van der Waals surface area (Å²) in [5.74, 6) is 0.745. The van der Waals surface area contributed by atoms with Crippen molar-refractivity contribution in [2.24, 2.45) is 14.1 Å². The van der Waals surface area contributed by atoms with Gasteiger partial charge in [0.1, 0.15) is 11.2 Å². The van der Waals surface area contributed by atoms with Gasteiger partial charge >= 0.3 is 0 Å². The topological polar surface area (TPSA) is 73.7 Å². The van der Waals surface area contributed by atoms with Gasteiger partial charge in [0.2, 0.25) is 5.60 Å². The first-order valence-electron chi connectivity index (χ1n) is 20.8. The van der Waals surface area contributed by atoms with Crippen molar-refractivity contribution in [3.05, 3.63) is 259 Å². The van der Waals surface area contributed by atoms with Crippen LogP contribution in [0.5, 0.6) is 0 Å². The molecule has 0 radical (unpaired) electrons. The third-order valence-electron chi connectivity index (χ3n) is 11.9. The van der Waals surface area contributed by atoms with E-state index in [1.807, 2.05) is 127 Å². The van der Waals surface area contributed by atoms with Crippen LogP contribution in [0.2, 0.25) is 0 Å². The smallest absolute Gasteiger partial charge is 0.224 e. The van der Waals surface area contributed by atoms with Crippen molar-refractivity contribution in [1.82, 2.24) is 28.7 Å². The lowest BCUT2D eigenvalue weighted by atomic mass is 9.76. The van der Waals surface area contributed by atoms with Gasteiger partial charge in [0, 0.05) is 42.5 Å². The van der Waals surface area contributed by atoms with Gasteiger partial charge in [-0.15, -0.1) is 0 Å². The van der Waals surface area contributed by atoms with E-state index in [0.29, 0.717) is 17.3 Å². The number of nitrogens with zero attached hydrogens (tertiary/aromatic N) is 6. The fraction of sp³-hybridized carbons (Fsp3) is 0.0727. The molecule has 7 heteroatoms. The molecule has 7 nitrogen and oxygen atoms in total. The number of benzene rings is 7. The van der Waals surface area contributed by atoms with Crippen LogP contribution < -0.4 is 0 Å². The number of aromatic nitrogens is 6. The fourth-order valence-electron chi connectivity index (χ4n) is 9.10. The van der Waals surface area contributed by atoms with E-state index in [9.17, 15) is 5.11 Å². The van der Waals surface area contributed by atoms with Crippen LogP contribution in [0.4, 0.5) is 0 Å². The highest BCUT2D eigenvalue weighted by Gasteiger charge is 2.48. The zero-order valence-electron chi connectivity index (χ0n) is 34.5. The first-order valence-corrected chi connectivity index (χ1v) is 20.8. The molecule has 0 saturated carbocycles. The Morgan fingerprint density at radius 3 is 1.05 bits per heavy atom. The summed E-state index contributed by atoms with van der Waals surface area (Å²) < 4.78 is 6.15. The maximum absolute atomic E-state index is 14.3. The van der Waals surface area contributed by atoms with Crippen molar-refractivity contribution in [3.8, 4) is 45.0 Å². The third-order valence-corrected chi connectivity index (χ3v) is 11.9. The third kappa shape index (κ3) is 6.30. The highest BCUT2D eigenvalue weighted by atomic mass is 16.3. The van der Waals surface area contributed by atoms with Crippen LogP contribution in [0.25, 0.3) is 45.0 Å². The molecule has 0 saturated heterocycles. The fourth-order valence-corrected chi connectivity index (χ4v) is 9.10. The van der Waals surface area contributed by atoms with Gasteiger partial charge in [-0.3, -0.25) is 0 Å². The Morgan fingerprint density at radius 1 is 0.403 bits per heavy atom. The average molecular weight is 805 g/mol. The molecule has 0 bridgehead atoms. The summed E-state index contributed by atoms with van der Waals surface area (Å²) >= 11 is 0. The summed E-state index contributed by atoms with van der Waals surface area (Å²) in [5.41, 5.74) is 7.56. The molecule has 300 valence electrons. The standard InChI is InChI=1S/C55H44N6O/c1-59-50(42-28-14-5-15-29-42)48(40-24-10-3-11-25-40)57-52(59)55(62,53-58-49(41-26-12-4-13-27-41)51(60(53)2)43-30-16-6-17-31-43)47-38-61(39-56-47)54(44-32-18-7-19-33-44,45-34-20-8-21-35-45)46-36-22-9-23-37-46/h3-39,62H,1-2H3. The Labute approximate surface area is 361 Å². The minimum atomic E-state index is -2.00. The van der Waals surface area contributed by atoms with Crippen LogP contribution in [0.1, 0.15) is 34.0 Å². The van der Waals surface area contributed by atoms with E-state index >= 15 is 0 Å². The number of aliphatic hydroxyl groups is 1. The molecule has 0 aliphatic carbocycles. The van der Waals surface area contributed by atoms with E-state index in [2.05, 4.69) is 126 Å². The second-order valence-electron chi connectivity index (χ2n) is 15.5. The summed E-state index contributed by atoms with van der Waals surface area (Å²) in [6.07, 6.45) is 3.82. The largest absolute Gasteiger partial charge is 0.370 e. The number of rotatable bonds is 11. The second kappa shape index (κ2) is 16.0. The van der Waals surface area contributed by atoms with E-state index in [-0.39, 0.29) is 0 Å². The summed E-state index contributed by atoms with van der Waals surface area (Å²) in [4.78, 5) is 16.2. The van der Waals surface area contributed by atoms with E-state index in [1.54, 1.807) is 0 Å². The highest BCUT2D eigenvalue weighted by molar-refractivity contribution is 5.81. The second-order valence-corrected chi connectivity index (χ2v) is 15.5. The van der Waals surface area contributed by atoms with Gasteiger partial charge in [0.15, 0.2) is 11.6 Å². The van der Waals surface area contributed by atoms with Crippen molar-refractivity contribution in [1.29, 1.82) is 0 Å². The predicted octanol–water partition coefficient (Wildman–Crippen LogP) is 11.1. The summed E-state index contributed by atoms with van der Waals surface area (Å²) in [6.45, 7) is 0. The molecule has 0 amide bonds. The van der Waals surface area contributed by atoms with Crippen LogP contribution in [-0.4, -0.2) is 33.8 Å². The lowest BCUT2D eigenvalue weighted by Gasteiger charge is -2.37. The molecule has 0 aliphatic rings. The SMILES string of the molecule is Cn1c(C(O)(c2cn(C(c3ccccc3)(c3ccccc3)c3ccccc3)cn2)c2nc(-c3ccccc3)c(-c3ccccc3)n2C)nc(-c2ccccc2)c1-c1ccccc1. The molecule has 0 aliphatic heterocycles. The molecule has 0 fully saturated rings. The zero-order valence-corrected chi connectivity index (χ0v) is 34.5. The highest BCUT2D eigenvalue weighted by Crippen LogP contribution is 2.46. The van der Waals surface area contributed by atoms with Gasteiger partial charge in [-0.05, 0) is 16.7 Å². The Bertz CT molecular complexity index is 2850. The van der Waals surface area contributed by atoms with Crippen LogP contribution in [0.3, 0.4) is 0 Å². The summed E-state index contributed by atoms with van der Waals surface area (Å²) in [6, 6.07) is 72.2. The molecule has 0 spiro atoms. The van der Waals surface area contributed by atoms with Crippen molar-refractivity contribution in [3.63, 3.8) is 0 Å². The van der Waals surface area contributed by atoms with Crippen molar-refractivity contribution in [2.45, 2.75) is 11.1 Å². The maximum atomic E-state index is 14.3. The molecule has 3 heterocycles. The Morgan fingerprint density at radius 2 is 0.710 bits per heavy atom. The minimum absolute atomic E-state index is 0.365. The van der Waals surface area contributed by atoms with Crippen LogP contribution in [0, 0.1) is 0 Å².